The monoisotopic (exact) mass is 342 g/mol. The molecule has 0 radical (unpaired) electrons. The predicted molar refractivity (Wildman–Crippen MR) is 97.5 cm³/mol. The van der Waals surface area contributed by atoms with E-state index in [1.807, 2.05) is 19.1 Å². The summed E-state index contributed by atoms with van der Waals surface area (Å²) < 4.78 is 13.0. The maximum Gasteiger partial charge on any atom is 0.407 e. The summed E-state index contributed by atoms with van der Waals surface area (Å²) in [5, 5.41) is 9.25. The minimum Gasteiger partial charge on any atom is -0.465 e. The molecule has 1 fully saturated rings. The van der Waals surface area contributed by atoms with E-state index >= 15 is 0 Å². The first-order chi connectivity index (χ1) is 12.1. The number of halogens is 1. The molecule has 5 heteroatoms. The summed E-state index contributed by atoms with van der Waals surface area (Å²) in [4.78, 5) is 15.1. The summed E-state index contributed by atoms with van der Waals surface area (Å²) in [5.74, 6) is -0.231. The third-order valence-electron chi connectivity index (χ3n) is 4.90. The van der Waals surface area contributed by atoms with Crippen LogP contribution in [0.15, 0.2) is 48.5 Å². The first kappa shape index (κ1) is 17.3. The van der Waals surface area contributed by atoms with Crippen LogP contribution in [0.4, 0.5) is 14.9 Å². The molecule has 1 N–H and O–H groups in total. The van der Waals surface area contributed by atoms with E-state index in [0.717, 1.165) is 42.7 Å². The average molecular weight is 342 g/mol. The number of carbonyl (C=O) groups is 1. The predicted octanol–water partition coefficient (Wildman–Crippen LogP) is 4.46. The van der Waals surface area contributed by atoms with Crippen LogP contribution in [-0.4, -0.2) is 41.8 Å². The summed E-state index contributed by atoms with van der Waals surface area (Å²) in [6.45, 7) is 4.12. The molecule has 0 saturated carbocycles. The number of hydrogen-bond donors (Lipinski definition) is 1. The smallest absolute Gasteiger partial charge is 0.407 e. The summed E-state index contributed by atoms with van der Waals surface area (Å²) in [6, 6.07) is 14.8. The van der Waals surface area contributed by atoms with Crippen LogP contribution in [0.3, 0.4) is 0 Å². The Kier molecular flexibility index (Phi) is 5.22. The second kappa shape index (κ2) is 7.55. The Morgan fingerprint density at radius 2 is 1.60 bits per heavy atom. The fraction of sp³-hybridized carbons (Fsp3) is 0.350. The van der Waals surface area contributed by atoms with Crippen molar-refractivity contribution in [1.82, 2.24) is 4.90 Å². The zero-order valence-electron chi connectivity index (χ0n) is 14.4. The van der Waals surface area contributed by atoms with Crippen molar-refractivity contribution >= 4 is 11.8 Å². The topological polar surface area (TPSA) is 43.8 Å². The lowest BCUT2D eigenvalue weighted by Gasteiger charge is -2.38. The fourth-order valence-corrected chi connectivity index (χ4v) is 3.49. The molecule has 0 aliphatic carbocycles. The highest BCUT2D eigenvalue weighted by atomic mass is 19.1. The van der Waals surface area contributed by atoms with E-state index in [1.165, 1.54) is 17.0 Å². The molecule has 0 bridgehead atoms. The van der Waals surface area contributed by atoms with Crippen LogP contribution in [-0.2, 0) is 0 Å². The quantitative estimate of drug-likeness (QED) is 0.892. The largest absolute Gasteiger partial charge is 0.465 e. The van der Waals surface area contributed by atoms with E-state index < -0.39 is 6.09 Å². The second-order valence-electron chi connectivity index (χ2n) is 6.34. The number of nitrogens with zero attached hydrogens (tertiary/aromatic N) is 2. The van der Waals surface area contributed by atoms with E-state index in [2.05, 4.69) is 17.0 Å². The molecule has 3 rings (SSSR count). The van der Waals surface area contributed by atoms with Crippen molar-refractivity contribution in [3.8, 4) is 11.1 Å². The van der Waals surface area contributed by atoms with Gasteiger partial charge in [-0.05, 0) is 55.2 Å². The summed E-state index contributed by atoms with van der Waals surface area (Å²) in [6.07, 6.45) is 0.865. The van der Waals surface area contributed by atoms with Crippen molar-refractivity contribution in [2.75, 3.05) is 24.5 Å². The summed E-state index contributed by atoms with van der Waals surface area (Å²) in [7, 11) is 0. The van der Waals surface area contributed by atoms with Gasteiger partial charge in [-0.15, -0.1) is 0 Å². The first-order valence-corrected chi connectivity index (χ1v) is 8.69. The Morgan fingerprint density at radius 1 is 1.08 bits per heavy atom. The Labute approximate surface area is 147 Å². The third kappa shape index (κ3) is 3.92. The van der Waals surface area contributed by atoms with Crippen LogP contribution in [0.1, 0.15) is 19.8 Å². The van der Waals surface area contributed by atoms with Crippen molar-refractivity contribution < 1.29 is 14.3 Å². The zero-order valence-corrected chi connectivity index (χ0v) is 14.4. The maximum absolute atomic E-state index is 13.0. The van der Waals surface area contributed by atoms with Gasteiger partial charge in [0.1, 0.15) is 5.82 Å². The van der Waals surface area contributed by atoms with Gasteiger partial charge in [0.2, 0.25) is 0 Å². The zero-order chi connectivity index (χ0) is 17.8. The molecule has 0 aromatic heterocycles. The normalized spacial score (nSPS) is 15.2. The van der Waals surface area contributed by atoms with Crippen molar-refractivity contribution in [2.45, 2.75) is 25.8 Å². The highest BCUT2D eigenvalue weighted by Gasteiger charge is 2.26. The number of piperidine rings is 1. The van der Waals surface area contributed by atoms with Crippen LogP contribution in [0.5, 0.6) is 0 Å². The van der Waals surface area contributed by atoms with Crippen molar-refractivity contribution in [3.63, 3.8) is 0 Å². The molecule has 0 unspecified atom stereocenters. The van der Waals surface area contributed by atoms with E-state index in [1.54, 1.807) is 12.1 Å². The van der Waals surface area contributed by atoms with Gasteiger partial charge in [-0.3, -0.25) is 0 Å². The molecule has 2 aromatic rings. The number of carboxylic acid groups (broad SMARTS) is 1. The molecule has 1 amide bonds. The third-order valence-corrected chi connectivity index (χ3v) is 4.90. The number of amides is 1. The average Bonchev–Trinajstić information content (AvgIpc) is 2.63. The number of rotatable bonds is 4. The van der Waals surface area contributed by atoms with Crippen LogP contribution in [0.2, 0.25) is 0 Å². The Morgan fingerprint density at radius 3 is 2.08 bits per heavy atom. The van der Waals surface area contributed by atoms with Gasteiger partial charge in [0.05, 0.1) is 0 Å². The standard InChI is InChI=1S/C20H23FN2O2/c1-2-23(20(24)25)19-11-13-22(14-12-19)18-9-5-16(6-10-18)15-3-7-17(21)8-4-15/h3-10,19H,2,11-14H2,1H3,(H,24,25). The molecule has 25 heavy (non-hydrogen) atoms. The van der Waals surface area contributed by atoms with Gasteiger partial charge < -0.3 is 14.9 Å². The van der Waals surface area contributed by atoms with Gasteiger partial charge in [0.25, 0.3) is 0 Å². The molecule has 0 spiro atoms. The minimum absolute atomic E-state index is 0.109. The SMILES string of the molecule is CCN(C(=O)O)C1CCN(c2ccc(-c3ccc(F)cc3)cc2)CC1. The molecular formula is C20H23FN2O2. The van der Waals surface area contributed by atoms with Crippen LogP contribution in [0.25, 0.3) is 11.1 Å². The molecule has 0 atom stereocenters. The van der Waals surface area contributed by atoms with Crippen molar-refractivity contribution in [2.24, 2.45) is 0 Å². The van der Waals surface area contributed by atoms with Gasteiger partial charge >= 0.3 is 6.09 Å². The van der Waals surface area contributed by atoms with Crippen LogP contribution >= 0.6 is 0 Å². The Balaban J connectivity index is 1.64. The second-order valence-corrected chi connectivity index (χ2v) is 6.34. The lowest BCUT2D eigenvalue weighted by Crippen LogP contribution is -2.47. The summed E-state index contributed by atoms with van der Waals surface area (Å²) >= 11 is 0. The minimum atomic E-state index is -0.829. The highest BCUT2D eigenvalue weighted by molar-refractivity contribution is 5.67. The van der Waals surface area contributed by atoms with E-state index in [9.17, 15) is 14.3 Å². The van der Waals surface area contributed by atoms with Crippen molar-refractivity contribution in [1.29, 1.82) is 0 Å². The van der Waals surface area contributed by atoms with Crippen LogP contribution in [0, 0.1) is 5.82 Å². The highest BCUT2D eigenvalue weighted by Crippen LogP contribution is 2.26. The number of benzene rings is 2. The molecule has 132 valence electrons. The van der Waals surface area contributed by atoms with Crippen LogP contribution < -0.4 is 4.90 Å². The van der Waals surface area contributed by atoms with Gasteiger partial charge in [-0.2, -0.15) is 0 Å². The maximum atomic E-state index is 13.0. The number of anilines is 1. The molecule has 1 aliphatic rings. The van der Waals surface area contributed by atoms with Gasteiger partial charge in [0.15, 0.2) is 0 Å². The molecule has 1 heterocycles. The fourth-order valence-electron chi connectivity index (χ4n) is 3.49. The molecule has 4 nitrogen and oxygen atoms in total. The van der Waals surface area contributed by atoms with E-state index in [0.29, 0.717) is 6.54 Å². The van der Waals surface area contributed by atoms with E-state index in [4.69, 9.17) is 0 Å². The summed E-state index contributed by atoms with van der Waals surface area (Å²) in [5.41, 5.74) is 3.19. The molecular weight excluding hydrogens is 319 g/mol. The van der Waals surface area contributed by atoms with E-state index in [-0.39, 0.29) is 11.9 Å². The lowest BCUT2D eigenvalue weighted by molar-refractivity contribution is 0.119. The number of hydrogen-bond acceptors (Lipinski definition) is 2. The van der Waals surface area contributed by atoms with Crippen molar-refractivity contribution in [3.05, 3.63) is 54.3 Å². The van der Waals surface area contributed by atoms with Gasteiger partial charge in [-0.1, -0.05) is 24.3 Å². The lowest BCUT2D eigenvalue weighted by atomic mass is 10.0. The Hall–Kier alpha value is -2.56. The van der Waals surface area contributed by atoms with Gasteiger partial charge in [0, 0.05) is 31.4 Å². The molecule has 1 aliphatic heterocycles. The molecule has 2 aromatic carbocycles. The Bertz CT molecular complexity index is 707. The van der Waals surface area contributed by atoms with Gasteiger partial charge in [-0.25, -0.2) is 9.18 Å². The first-order valence-electron chi connectivity index (χ1n) is 8.69. The molecule has 1 saturated heterocycles.